The van der Waals surface area contributed by atoms with Crippen LogP contribution in [-0.4, -0.2) is 62.7 Å². The largest absolute Gasteiger partial charge is 0.379 e. The number of hydrogen-bond acceptors (Lipinski definition) is 10. The molecule has 3 N–H and O–H groups in total. The summed E-state index contributed by atoms with van der Waals surface area (Å²) in [6.07, 6.45) is 1.44. The summed E-state index contributed by atoms with van der Waals surface area (Å²) in [7, 11) is -3.64. The Morgan fingerprint density at radius 3 is 2.59 bits per heavy atom. The minimum absolute atomic E-state index is 0.167. The lowest BCUT2D eigenvalue weighted by atomic mass is 10.2. The summed E-state index contributed by atoms with van der Waals surface area (Å²) in [5, 5.41) is 16.5. The number of thiazole rings is 1. The van der Waals surface area contributed by atoms with Crippen molar-refractivity contribution < 1.29 is 17.5 Å². The average Bonchev–Trinajstić information content (AvgIpc) is 3.34. The molecular formula is C26H26FN7O3S2. The van der Waals surface area contributed by atoms with E-state index in [1.165, 1.54) is 35.7 Å². The highest BCUT2D eigenvalue weighted by atomic mass is 32.2. The van der Waals surface area contributed by atoms with Crippen LogP contribution < -0.4 is 15.4 Å². The first-order chi connectivity index (χ1) is 18.8. The Morgan fingerprint density at radius 1 is 1.13 bits per heavy atom. The normalized spacial score (nSPS) is 14.3. The van der Waals surface area contributed by atoms with Crippen molar-refractivity contribution in [3.05, 3.63) is 65.6 Å². The molecule has 1 aliphatic heterocycles. The van der Waals surface area contributed by atoms with Gasteiger partial charge in [-0.1, -0.05) is 11.3 Å². The molecule has 1 aliphatic rings. The molecule has 2 aromatic heterocycles. The summed E-state index contributed by atoms with van der Waals surface area (Å²) >= 11 is 1.29. The number of hydrogen-bond donors (Lipinski definition) is 3. The zero-order valence-corrected chi connectivity index (χ0v) is 22.7. The molecule has 0 saturated carbocycles. The van der Waals surface area contributed by atoms with Crippen molar-refractivity contribution in [1.82, 2.24) is 19.6 Å². The third-order valence-electron chi connectivity index (χ3n) is 6.21. The van der Waals surface area contributed by atoms with Gasteiger partial charge in [0.05, 0.1) is 29.4 Å². The standard InChI is InChI=1S/C26H26FN7O3S2/c1-17-14-20(4-7-22(17)27)31-23-18(15-28)16-29-25-24(23)38-26(33-25)32-19-2-5-21(6-3-19)39(35,36)30-8-9-34-10-12-37-13-11-34/h2-7,14,16,30H,8-13H2,1H3,(H2,29,31,32,33). The van der Waals surface area contributed by atoms with E-state index in [0.717, 1.165) is 13.1 Å². The molecule has 202 valence electrons. The van der Waals surface area contributed by atoms with E-state index in [9.17, 15) is 18.1 Å². The van der Waals surface area contributed by atoms with E-state index in [0.29, 0.717) is 70.0 Å². The fourth-order valence-electron chi connectivity index (χ4n) is 4.09. The summed E-state index contributed by atoms with van der Waals surface area (Å²) in [5.41, 5.74) is 3.06. The molecule has 1 fully saturated rings. The number of fused-ring (bicyclic) bond motifs is 1. The van der Waals surface area contributed by atoms with Gasteiger partial charge in [0.2, 0.25) is 10.0 Å². The fraction of sp³-hybridized carbons (Fsp3) is 0.269. The molecular weight excluding hydrogens is 541 g/mol. The van der Waals surface area contributed by atoms with Gasteiger partial charge in [0.1, 0.15) is 16.6 Å². The highest BCUT2D eigenvalue weighted by Crippen LogP contribution is 2.36. The number of aryl methyl sites for hydroxylation is 1. The van der Waals surface area contributed by atoms with E-state index in [1.54, 1.807) is 31.2 Å². The highest BCUT2D eigenvalue weighted by molar-refractivity contribution is 7.89. The molecule has 13 heteroatoms. The second-order valence-electron chi connectivity index (χ2n) is 8.92. The van der Waals surface area contributed by atoms with Crippen LogP contribution >= 0.6 is 11.3 Å². The molecule has 0 bridgehead atoms. The van der Waals surface area contributed by atoms with E-state index in [2.05, 4.69) is 36.3 Å². The minimum atomic E-state index is -3.64. The van der Waals surface area contributed by atoms with Gasteiger partial charge >= 0.3 is 0 Å². The molecule has 10 nitrogen and oxygen atoms in total. The summed E-state index contributed by atoms with van der Waals surface area (Å²) in [6, 6.07) is 13.2. The molecule has 0 atom stereocenters. The molecule has 39 heavy (non-hydrogen) atoms. The van der Waals surface area contributed by atoms with Crippen LogP contribution in [0.5, 0.6) is 0 Å². The van der Waals surface area contributed by atoms with Crippen molar-refractivity contribution in [2.45, 2.75) is 11.8 Å². The fourth-order valence-corrected chi connectivity index (χ4v) is 6.06. The summed E-state index contributed by atoms with van der Waals surface area (Å²) in [4.78, 5) is 11.1. The lowest BCUT2D eigenvalue weighted by Gasteiger charge is -2.26. The third-order valence-corrected chi connectivity index (χ3v) is 8.66. The number of morpholine rings is 1. The number of rotatable bonds is 9. The van der Waals surface area contributed by atoms with Crippen LogP contribution in [-0.2, 0) is 14.8 Å². The predicted octanol–water partition coefficient (Wildman–Crippen LogP) is 4.11. The van der Waals surface area contributed by atoms with Crippen LogP contribution in [0.2, 0.25) is 0 Å². The lowest BCUT2D eigenvalue weighted by molar-refractivity contribution is 0.0390. The number of anilines is 4. The van der Waals surface area contributed by atoms with E-state index in [1.807, 2.05) is 0 Å². The molecule has 4 aromatic rings. The number of aromatic nitrogens is 2. The maximum absolute atomic E-state index is 13.7. The Hall–Kier alpha value is -3.67. The van der Waals surface area contributed by atoms with Gasteiger partial charge in [-0.2, -0.15) is 10.2 Å². The summed E-state index contributed by atoms with van der Waals surface area (Å²) in [5.74, 6) is -0.312. The van der Waals surface area contributed by atoms with Gasteiger partial charge in [-0.15, -0.1) is 0 Å². The van der Waals surface area contributed by atoms with E-state index in [-0.39, 0.29) is 10.7 Å². The van der Waals surface area contributed by atoms with E-state index in [4.69, 9.17) is 4.74 Å². The SMILES string of the molecule is Cc1cc(Nc2c(C#N)cnc3nc(Nc4ccc(S(=O)(=O)NCCN5CCOCC5)cc4)sc23)ccc1F. The van der Waals surface area contributed by atoms with Crippen LogP contribution in [0.25, 0.3) is 10.3 Å². The van der Waals surface area contributed by atoms with Gasteiger partial charge in [0, 0.05) is 43.8 Å². The Labute approximate surface area is 229 Å². The first-order valence-electron chi connectivity index (χ1n) is 12.2. The Morgan fingerprint density at radius 2 is 1.87 bits per heavy atom. The van der Waals surface area contributed by atoms with Gasteiger partial charge in [-0.25, -0.2) is 22.5 Å². The number of benzene rings is 2. The Balaban J connectivity index is 1.29. The topological polar surface area (TPSA) is 132 Å². The first-order valence-corrected chi connectivity index (χ1v) is 14.5. The maximum Gasteiger partial charge on any atom is 0.240 e. The van der Waals surface area contributed by atoms with Crippen molar-refractivity contribution in [3.63, 3.8) is 0 Å². The van der Waals surface area contributed by atoms with Crippen LogP contribution in [0, 0.1) is 24.1 Å². The minimum Gasteiger partial charge on any atom is -0.379 e. The third kappa shape index (κ3) is 6.32. The number of nitrogens with one attached hydrogen (secondary N) is 3. The summed E-state index contributed by atoms with van der Waals surface area (Å²) < 4.78 is 47.7. The first kappa shape index (κ1) is 26.9. The molecule has 2 aromatic carbocycles. The van der Waals surface area contributed by atoms with Crippen LogP contribution in [0.1, 0.15) is 11.1 Å². The quantitative estimate of drug-likeness (QED) is 0.273. The number of pyridine rings is 1. The smallest absolute Gasteiger partial charge is 0.240 e. The van der Waals surface area contributed by atoms with E-state index >= 15 is 0 Å². The van der Waals surface area contributed by atoms with Gasteiger partial charge in [0.25, 0.3) is 0 Å². The lowest BCUT2D eigenvalue weighted by Crippen LogP contribution is -2.41. The monoisotopic (exact) mass is 567 g/mol. The summed E-state index contributed by atoms with van der Waals surface area (Å²) in [6.45, 7) is 5.53. The van der Waals surface area contributed by atoms with Gasteiger partial charge in [-0.05, 0) is 55.0 Å². The van der Waals surface area contributed by atoms with E-state index < -0.39 is 10.0 Å². The van der Waals surface area contributed by atoms with Crippen LogP contribution in [0.4, 0.5) is 26.6 Å². The zero-order valence-electron chi connectivity index (χ0n) is 21.1. The predicted molar refractivity (Wildman–Crippen MR) is 149 cm³/mol. The van der Waals surface area contributed by atoms with Gasteiger partial charge < -0.3 is 15.4 Å². The second-order valence-corrected chi connectivity index (χ2v) is 11.7. The molecule has 0 radical (unpaired) electrons. The van der Waals surface area contributed by atoms with Crippen LogP contribution in [0.15, 0.2) is 53.6 Å². The Kier molecular flexibility index (Phi) is 8.01. The molecule has 5 rings (SSSR count). The number of ether oxygens (including phenoxy) is 1. The highest BCUT2D eigenvalue weighted by Gasteiger charge is 2.17. The second kappa shape index (κ2) is 11.6. The average molecular weight is 568 g/mol. The molecule has 0 spiro atoms. The number of nitrogens with zero attached hydrogens (tertiary/aromatic N) is 4. The van der Waals surface area contributed by atoms with Gasteiger partial charge in [0.15, 0.2) is 10.8 Å². The number of halogens is 1. The van der Waals surface area contributed by atoms with Crippen molar-refractivity contribution in [1.29, 1.82) is 5.26 Å². The molecule has 0 amide bonds. The van der Waals surface area contributed by atoms with Crippen molar-refractivity contribution in [3.8, 4) is 6.07 Å². The molecule has 3 heterocycles. The maximum atomic E-state index is 13.7. The van der Waals surface area contributed by atoms with Crippen molar-refractivity contribution in [2.24, 2.45) is 0 Å². The molecule has 0 aliphatic carbocycles. The molecule has 0 unspecified atom stereocenters. The zero-order chi connectivity index (χ0) is 27.4. The number of sulfonamides is 1. The van der Waals surface area contributed by atoms with Crippen LogP contribution in [0.3, 0.4) is 0 Å². The van der Waals surface area contributed by atoms with Crippen molar-refractivity contribution in [2.75, 3.05) is 50.0 Å². The number of nitriles is 1. The Bertz CT molecular complexity index is 1630. The van der Waals surface area contributed by atoms with Crippen molar-refractivity contribution >= 4 is 53.9 Å². The van der Waals surface area contributed by atoms with Gasteiger partial charge in [-0.3, -0.25) is 4.90 Å². The molecule has 1 saturated heterocycles.